The lowest BCUT2D eigenvalue weighted by molar-refractivity contribution is 0.587. The van der Waals surface area contributed by atoms with Gasteiger partial charge in [0, 0.05) is 21.7 Å². The van der Waals surface area contributed by atoms with Crippen LogP contribution in [0.1, 0.15) is 5.69 Å². The van der Waals surface area contributed by atoms with Crippen molar-refractivity contribution in [1.29, 1.82) is 0 Å². The van der Waals surface area contributed by atoms with E-state index in [1.54, 1.807) is 49.5 Å². The van der Waals surface area contributed by atoms with Crippen molar-refractivity contribution in [2.45, 2.75) is 11.8 Å². The molecule has 2 heterocycles. The third kappa shape index (κ3) is 1.87. The standard InChI is InChI=1S/C14H11BrN2O2S/c1-10-13(15)12-8-5-9-16-14(12)17(10)20(18,19)11-6-3-2-4-7-11/h2-9H,1H3. The third-order valence-corrected chi connectivity index (χ3v) is 5.92. The second-order valence-electron chi connectivity index (χ2n) is 4.36. The van der Waals surface area contributed by atoms with Crippen LogP contribution in [0.15, 0.2) is 58.0 Å². The van der Waals surface area contributed by atoms with Gasteiger partial charge in [0.25, 0.3) is 10.0 Å². The average molecular weight is 351 g/mol. The Kier molecular flexibility index (Phi) is 3.14. The molecule has 0 N–H and O–H groups in total. The van der Waals surface area contributed by atoms with Gasteiger partial charge in [-0.1, -0.05) is 18.2 Å². The lowest BCUT2D eigenvalue weighted by Gasteiger charge is -2.09. The van der Waals surface area contributed by atoms with Crippen LogP contribution in [0, 0.1) is 6.92 Å². The summed E-state index contributed by atoms with van der Waals surface area (Å²) < 4.78 is 27.6. The molecule has 0 unspecified atom stereocenters. The maximum atomic E-state index is 12.8. The van der Waals surface area contributed by atoms with Gasteiger partial charge < -0.3 is 0 Å². The predicted molar refractivity (Wildman–Crippen MR) is 81.2 cm³/mol. The summed E-state index contributed by atoms with van der Waals surface area (Å²) in [5, 5.41) is 0.782. The average Bonchev–Trinajstić information content (AvgIpc) is 2.73. The zero-order chi connectivity index (χ0) is 14.3. The van der Waals surface area contributed by atoms with Gasteiger partial charge in [0.05, 0.1) is 4.90 Å². The number of nitrogens with zero attached hydrogens (tertiary/aromatic N) is 2. The van der Waals surface area contributed by atoms with Crippen LogP contribution in [-0.4, -0.2) is 17.4 Å². The van der Waals surface area contributed by atoms with E-state index in [2.05, 4.69) is 20.9 Å². The molecule has 0 saturated heterocycles. The number of rotatable bonds is 2. The third-order valence-electron chi connectivity index (χ3n) is 3.12. The largest absolute Gasteiger partial charge is 0.269 e. The van der Waals surface area contributed by atoms with E-state index in [1.807, 2.05) is 6.07 Å². The van der Waals surface area contributed by atoms with E-state index in [0.29, 0.717) is 11.3 Å². The van der Waals surface area contributed by atoms with E-state index in [-0.39, 0.29) is 4.90 Å². The fourth-order valence-electron chi connectivity index (χ4n) is 2.17. The Morgan fingerprint density at radius 3 is 2.50 bits per heavy atom. The number of benzene rings is 1. The normalized spacial score (nSPS) is 11.9. The van der Waals surface area contributed by atoms with Gasteiger partial charge in [0.15, 0.2) is 5.65 Å². The highest BCUT2D eigenvalue weighted by atomic mass is 79.9. The first-order chi connectivity index (χ1) is 9.53. The first-order valence-corrected chi connectivity index (χ1v) is 8.19. The maximum Gasteiger partial charge on any atom is 0.269 e. The summed E-state index contributed by atoms with van der Waals surface area (Å²) in [7, 11) is -3.65. The van der Waals surface area contributed by atoms with Gasteiger partial charge in [-0.3, -0.25) is 0 Å². The summed E-state index contributed by atoms with van der Waals surface area (Å²) in [6, 6.07) is 12.0. The molecule has 0 bridgehead atoms. The molecule has 0 aliphatic rings. The highest BCUT2D eigenvalue weighted by Gasteiger charge is 2.24. The minimum absolute atomic E-state index is 0.248. The molecule has 0 radical (unpaired) electrons. The smallest absolute Gasteiger partial charge is 0.237 e. The molecule has 1 aromatic carbocycles. The van der Waals surface area contributed by atoms with Crippen molar-refractivity contribution in [1.82, 2.24) is 8.96 Å². The molecule has 0 saturated carbocycles. The SMILES string of the molecule is Cc1c(Br)c2cccnc2n1S(=O)(=O)c1ccccc1. The van der Waals surface area contributed by atoms with Crippen molar-refractivity contribution < 1.29 is 8.42 Å². The van der Waals surface area contributed by atoms with Crippen LogP contribution < -0.4 is 0 Å². The van der Waals surface area contributed by atoms with Gasteiger partial charge in [-0.25, -0.2) is 17.4 Å². The molecule has 0 aliphatic carbocycles. The Morgan fingerprint density at radius 1 is 1.10 bits per heavy atom. The Balaban J connectivity index is 2.39. The van der Waals surface area contributed by atoms with Gasteiger partial charge in [-0.15, -0.1) is 0 Å². The molecule has 20 heavy (non-hydrogen) atoms. The Hall–Kier alpha value is -1.66. The highest BCUT2D eigenvalue weighted by Crippen LogP contribution is 2.32. The summed E-state index contributed by atoms with van der Waals surface area (Å²) >= 11 is 3.44. The molecule has 0 amide bonds. The van der Waals surface area contributed by atoms with Crippen molar-refractivity contribution in [2.24, 2.45) is 0 Å². The predicted octanol–water partition coefficient (Wildman–Crippen LogP) is 3.34. The summed E-state index contributed by atoms with van der Waals surface area (Å²) in [6.45, 7) is 1.76. The molecule has 0 atom stereocenters. The maximum absolute atomic E-state index is 12.8. The van der Waals surface area contributed by atoms with Crippen molar-refractivity contribution in [3.63, 3.8) is 0 Å². The summed E-state index contributed by atoms with van der Waals surface area (Å²) in [5.41, 5.74) is 1.04. The van der Waals surface area contributed by atoms with Gasteiger partial charge in [0.1, 0.15) is 0 Å². The molecule has 102 valence electrons. The lowest BCUT2D eigenvalue weighted by Crippen LogP contribution is -2.14. The second-order valence-corrected chi connectivity index (χ2v) is 6.94. The molecule has 3 rings (SSSR count). The van der Waals surface area contributed by atoms with Crippen molar-refractivity contribution >= 4 is 37.0 Å². The Labute approximate surface area is 125 Å². The number of pyridine rings is 1. The zero-order valence-corrected chi connectivity index (χ0v) is 13.0. The van der Waals surface area contributed by atoms with Gasteiger partial charge in [0.2, 0.25) is 0 Å². The van der Waals surface area contributed by atoms with Crippen LogP contribution in [-0.2, 0) is 10.0 Å². The van der Waals surface area contributed by atoms with Crippen molar-refractivity contribution in [3.05, 3.63) is 58.8 Å². The van der Waals surface area contributed by atoms with E-state index in [4.69, 9.17) is 0 Å². The quantitative estimate of drug-likeness (QED) is 0.712. The monoisotopic (exact) mass is 350 g/mol. The number of hydrogen-bond donors (Lipinski definition) is 0. The van der Waals surface area contributed by atoms with E-state index in [1.165, 1.54) is 3.97 Å². The molecule has 0 fully saturated rings. The fraction of sp³-hybridized carbons (Fsp3) is 0.0714. The molecule has 0 spiro atoms. The minimum atomic E-state index is -3.65. The van der Waals surface area contributed by atoms with E-state index in [9.17, 15) is 8.42 Å². The van der Waals surface area contributed by atoms with E-state index in [0.717, 1.165) is 9.86 Å². The minimum Gasteiger partial charge on any atom is -0.237 e. The van der Waals surface area contributed by atoms with Crippen LogP contribution in [0.25, 0.3) is 11.0 Å². The van der Waals surface area contributed by atoms with Crippen molar-refractivity contribution in [3.8, 4) is 0 Å². The van der Waals surface area contributed by atoms with Crippen LogP contribution in [0.3, 0.4) is 0 Å². The van der Waals surface area contributed by atoms with Crippen LogP contribution in [0.4, 0.5) is 0 Å². The molecule has 3 aromatic rings. The number of hydrogen-bond acceptors (Lipinski definition) is 3. The van der Waals surface area contributed by atoms with Crippen LogP contribution >= 0.6 is 15.9 Å². The number of halogens is 1. The molecule has 2 aromatic heterocycles. The molecule has 4 nitrogen and oxygen atoms in total. The van der Waals surface area contributed by atoms with Gasteiger partial charge >= 0.3 is 0 Å². The Morgan fingerprint density at radius 2 is 1.80 bits per heavy atom. The van der Waals surface area contributed by atoms with Crippen LogP contribution in [0.5, 0.6) is 0 Å². The molecule has 6 heteroatoms. The number of fused-ring (bicyclic) bond motifs is 1. The lowest BCUT2D eigenvalue weighted by atomic mass is 10.3. The first kappa shape index (κ1) is 13.3. The number of aromatic nitrogens is 2. The molecular weight excluding hydrogens is 340 g/mol. The fourth-order valence-corrected chi connectivity index (χ4v) is 4.31. The zero-order valence-electron chi connectivity index (χ0n) is 10.6. The summed E-state index contributed by atoms with van der Waals surface area (Å²) in [4.78, 5) is 4.46. The Bertz CT molecular complexity index is 886. The van der Waals surface area contributed by atoms with Crippen molar-refractivity contribution in [2.75, 3.05) is 0 Å². The van der Waals surface area contributed by atoms with E-state index >= 15 is 0 Å². The first-order valence-electron chi connectivity index (χ1n) is 5.95. The van der Waals surface area contributed by atoms with Crippen LogP contribution in [0.2, 0.25) is 0 Å². The molecular formula is C14H11BrN2O2S. The van der Waals surface area contributed by atoms with Gasteiger partial charge in [-0.2, -0.15) is 0 Å². The summed E-state index contributed by atoms with van der Waals surface area (Å²) in [6.07, 6.45) is 1.59. The van der Waals surface area contributed by atoms with E-state index < -0.39 is 10.0 Å². The van der Waals surface area contributed by atoms with Gasteiger partial charge in [-0.05, 0) is 47.1 Å². The highest BCUT2D eigenvalue weighted by molar-refractivity contribution is 9.10. The topological polar surface area (TPSA) is 52.0 Å². The second kappa shape index (κ2) is 4.71. The molecule has 0 aliphatic heterocycles. The summed E-state index contributed by atoms with van der Waals surface area (Å²) in [5.74, 6) is 0.